The van der Waals surface area contributed by atoms with E-state index in [1.54, 1.807) is 26.0 Å². The number of para-hydroxylation sites is 1. The number of carbonyl (C=O) groups is 2. The lowest BCUT2D eigenvalue weighted by atomic mass is 9.90. The highest BCUT2D eigenvalue weighted by Crippen LogP contribution is 2.45. The topological polar surface area (TPSA) is 91.3 Å². The molecule has 2 N–H and O–H groups in total. The van der Waals surface area contributed by atoms with Crippen LogP contribution in [0.1, 0.15) is 37.8 Å². The molecule has 0 radical (unpaired) electrons. The number of fused-ring (bicyclic) bond motifs is 1. The van der Waals surface area contributed by atoms with Gasteiger partial charge in [-0.3, -0.25) is 14.6 Å². The number of amides is 2. The Morgan fingerprint density at radius 1 is 1.09 bits per heavy atom. The van der Waals surface area contributed by atoms with Crippen LogP contribution < -0.4 is 14.8 Å². The first-order chi connectivity index (χ1) is 21.3. The first kappa shape index (κ1) is 31.8. The van der Waals surface area contributed by atoms with Gasteiger partial charge in [-0.25, -0.2) is 13.8 Å². The van der Waals surface area contributed by atoms with Gasteiger partial charge in [0.15, 0.2) is 23.1 Å². The maximum absolute atomic E-state index is 14.6. The summed E-state index contributed by atoms with van der Waals surface area (Å²) < 4.78 is 81.1. The Bertz CT molecular complexity index is 1690. The van der Waals surface area contributed by atoms with Crippen LogP contribution in [-0.4, -0.2) is 52.7 Å². The fourth-order valence-corrected chi connectivity index (χ4v) is 5.82. The average Bonchev–Trinajstić information content (AvgIpc) is 3.40. The van der Waals surface area contributed by atoms with Crippen LogP contribution in [-0.2, 0) is 22.3 Å². The number of anilines is 1. The van der Waals surface area contributed by atoms with E-state index in [4.69, 9.17) is 9.47 Å². The third-order valence-electron chi connectivity index (χ3n) is 8.04. The van der Waals surface area contributed by atoms with Gasteiger partial charge in [0.2, 0.25) is 0 Å². The van der Waals surface area contributed by atoms with E-state index in [2.05, 4.69) is 5.32 Å². The molecule has 2 aliphatic heterocycles. The molecule has 3 aromatic carbocycles. The number of benzene rings is 3. The lowest BCUT2D eigenvalue weighted by molar-refractivity contribution is -0.160. The second kappa shape index (κ2) is 12.0. The lowest BCUT2D eigenvalue weighted by Crippen LogP contribution is -2.60. The molecule has 0 unspecified atom stereocenters. The van der Waals surface area contributed by atoms with Crippen LogP contribution in [0.4, 0.5) is 27.6 Å². The molecular formula is C32H30F5N3O5. The van der Waals surface area contributed by atoms with E-state index in [1.165, 1.54) is 30.3 Å². The van der Waals surface area contributed by atoms with Gasteiger partial charge in [0.25, 0.3) is 11.8 Å². The second-order valence-electron chi connectivity index (χ2n) is 10.8. The molecule has 2 amide bonds. The molecule has 45 heavy (non-hydrogen) atoms. The Hall–Kier alpha value is -4.65. The van der Waals surface area contributed by atoms with Crippen molar-refractivity contribution in [1.82, 2.24) is 10.0 Å². The number of halogens is 5. The quantitative estimate of drug-likeness (QED) is 0.215. The average molecular weight is 632 g/mol. The van der Waals surface area contributed by atoms with E-state index in [0.717, 1.165) is 29.3 Å². The molecular weight excluding hydrogens is 601 g/mol. The van der Waals surface area contributed by atoms with Crippen molar-refractivity contribution in [2.24, 2.45) is 0 Å². The largest absolute Gasteiger partial charge is 0.509 e. The Morgan fingerprint density at radius 2 is 1.82 bits per heavy atom. The zero-order chi connectivity index (χ0) is 32.7. The number of hydrazine groups is 1. The summed E-state index contributed by atoms with van der Waals surface area (Å²) in [5.41, 5.74) is -3.11. The zero-order valence-corrected chi connectivity index (χ0v) is 24.6. The fourth-order valence-electron chi connectivity index (χ4n) is 5.82. The molecule has 238 valence electrons. The Kier molecular flexibility index (Phi) is 8.49. The van der Waals surface area contributed by atoms with Crippen molar-refractivity contribution in [3.05, 3.63) is 88.7 Å². The summed E-state index contributed by atoms with van der Waals surface area (Å²) in [6.45, 7) is 3.43. The number of hydrogen-bond donors (Lipinski definition) is 2. The van der Waals surface area contributed by atoms with Crippen LogP contribution in [0.25, 0.3) is 11.1 Å². The van der Waals surface area contributed by atoms with Crippen molar-refractivity contribution in [2.45, 2.75) is 44.9 Å². The van der Waals surface area contributed by atoms with Crippen molar-refractivity contribution in [3.63, 3.8) is 0 Å². The van der Waals surface area contributed by atoms with Crippen LogP contribution in [0.5, 0.6) is 11.5 Å². The number of hydrogen-bond acceptors (Lipinski definition) is 6. The fraction of sp³-hybridized carbons (Fsp3) is 0.312. The number of ether oxygens (including phenoxy) is 2. The van der Waals surface area contributed by atoms with Gasteiger partial charge in [0, 0.05) is 28.9 Å². The summed E-state index contributed by atoms with van der Waals surface area (Å²) in [5, 5.41) is 16.4. The third-order valence-corrected chi connectivity index (χ3v) is 8.04. The number of carbonyl (C=O) groups excluding carboxylic acids is 2. The molecule has 1 fully saturated rings. The van der Waals surface area contributed by atoms with E-state index in [9.17, 15) is 36.6 Å². The molecule has 1 atom stereocenters. The monoisotopic (exact) mass is 631 g/mol. The summed E-state index contributed by atoms with van der Waals surface area (Å²) >= 11 is 0. The minimum absolute atomic E-state index is 0.0904. The first-order valence-electron chi connectivity index (χ1n) is 14.1. The highest BCUT2D eigenvalue weighted by atomic mass is 19.4. The molecule has 0 aromatic heterocycles. The van der Waals surface area contributed by atoms with Crippen LogP contribution in [0.15, 0.2) is 65.9 Å². The number of aliphatic hydroxyl groups excluding tert-OH is 1. The van der Waals surface area contributed by atoms with Crippen molar-refractivity contribution >= 4 is 17.5 Å². The van der Waals surface area contributed by atoms with E-state index in [1.807, 2.05) is 0 Å². The predicted molar refractivity (Wildman–Crippen MR) is 154 cm³/mol. The molecule has 1 saturated heterocycles. The van der Waals surface area contributed by atoms with Crippen molar-refractivity contribution < 1.29 is 46.1 Å². The standard InChI is InChI=1S/C32H30F5N3O5/c1-4-45-24-11-6-9-20(27(24)44-3)21-16-19(32(35,36)37)12-13-23(21)38-29(42)25-28(41)31(2)14-7-15-40(31)39(30(25)43)17-18-8-5-10-22(33)26(18)34/h5-6,8-13,16,41H,4,7,14-15,17H2,1-3H3,(H,38,42)/t31-/m1/s1. The van der Waals surface area contributed by atoms with Gasteiger partial charge in [-0.1, -0.05) is 24.3 Å². The SMILES string of the molecule is CCOc1cccc(-c2cc(C(F)(F)F)ccc2NC(=O)C2=C(O)[C@@]3(C)CCCN3N(Cc3cccc(F)c3F)C2=O)c1OC. The number of nitrogens with one attached hydrogen (secondary N) is 1. The van der Waals surface area contributed by atoms with Gasteiger partial charge in [0.1, 0.15) is 11.3 Å². The minimum Gasteiger partial charge on any atom is -0.509 e. The zero-order valence-electron chi connectivity index (χ0n) is 24.6. The summed E-state index contributed by atoms with van der Waals surface area (Å²) in [6.07, 6.45) is -3.88. The Balaban J connectivity index is 1.59. The van der Waals surface area contributed by atoms with Gasteiger partial charge in [-0.05, 0) is 57.0 Å². The molecule has 5 rings (SSSR count). The van der Waals surface area contributed by atoms with Crippen LogP contribution >= 0.6 is 0 Å². The van der Waals surface area contributed by atoms with Crippen molar-refractivity contribution in [3.8, 4) is 22.6 Å². The highest BCUT2D eigenvalue weighted by molar-refractivity contribution is 6.24. The molecule has 0 aliphatic carbocycles. The van der Waals surface area contributed by atoms with Crippen LogP contribution in [0.3, 0.4) is 0 Å². The minimum atomic E-state index is -4.73. The third kappa shape index (κ3) is 5.68. The number of rotatable bonds is 8. The van der Waals surface area contributed by atoms with E-state index >= 15 is 0 Å². The van der Waals surface area contributed by atoms with Crippen LogP contribution in [0, 0.1) is 11.6 Å². The van der Waals surface area contributed by atoms with E-state index in [-0.39, 0.29) is 47.0 Å². The smallest absolute Gasteiger partial charge is 0.416 e. The van der Waals surface area contributed by atoms with E-state index in [0.29, 0.717) is 12.8 Å². The Labute approximate surface area is 255 Å². The predicted octanol–water partition coefficient (Wildman–Crippen LogP) is 6.62. The van der Waals surface area contributed by atoms with Gasteiger partial charge < -0.3 is 19.9 Å². The summed E-state index contributed by atoms with van der Waals surface area (Å²) in [6, 6.07) is 10.8. The van der Waals surface area contributed by atoms with Gasteiger partial charge in [-0.15, -0.1) is 0 Å². The molecule has 2 aliphatic rings. The van der Waals surface area contributed by atoms with Crippen molar-refractivity contribution in [2.75, 3.05) is 25.6 Å². The molecule has 13 heteroatoms. The highest BCUT2D eigenvalue weighted by Gasteiger charge is 2.52. The normalized spacial score (nSPS) is 18.7. The molecule has 8 nitrogen and oxygen atoms in total. The first-order valence-corrected chi connectivity index (χ1v) is 14.1. The molecule has 0 saturated carbocycles. The lowest BCUT2D eigenvalue weighted by Gasteiger charge is -2.46. The van der Waals surface area contributed by atoms with Gasteiger partial charge in [0.05, 0.1) is 31.4 Å². The van der Waals surface area contributed by atoms with Crippen LogP contribution in [0.2, 0.25) is 0 Å². The number of nitrogens with zero attached hydrogens (tertiary/aromatic N) is 2. The number of alkyl halides is 3. The summed E-state index contributed by atoms with van der Waals surface area (Å²) in [5.74, 6) is -4.53. The maximum Gasteiger partial charge on any atom is 0.416 e. The number of methoxy groups -OCH3 is 1. The molecule has 2 heterocycles. The molecule has 0 spiro atoms. The number of aliphatic hydroxyl groups is 1. The molecule has 0 bridgehead atoms. The van der Waals surface area contributed by atoms with E-state index < -0.39 is 58.6 Å². The summed E-state index contributed by atoms with van der Waals surface area (Å²) in [4.78, 5) is 27.6. The van der Waals surface area contributed by atoms with Crippen molar-refractivity contribution in [1.29, 1.82) is 0 Å². The second-order valence-corrected chi connectivity index (χ2v) is 10.8. The Morgan fingerprint density at radius 3 is 2.51 bits per heavy atom. The van der Waals surface area contributed by atoms with Gasteiger partial charge >= 0.3 is 6.18 Å². The molecule has 3 aromatic rings. The summed E-state index contributed by atoms with van der Waals surface area (Å²) in [7, 11) is 1.32. The van der Waals surface area contributed by atoms with Gasteiger partial charge in [-0.2, -0.15) is 13.2 Å². The maximum atomic E-state index is 14.6.